The van der Waals surface area contributed by atoms with Crippen molar-refractivity contribution in [1.82, 2.24) is 10.2 Å². The molecule has 1 aromatic carbocycles. The minimum Gasteiger partial charge on any atom is -0.314 e. The average Bonchev–Trinajstić information content (AvgIpc) is 2.85. The summed E-state index contributed by atoms with van der Waals surface area (Å²) in [4.78, 5) is 2.62. The highest BCUT2D eigenvalue weighted by Crippen LogP contribution is 2.27. The molecule has 2 bridgehead atoms. The Morgan fingerprint density at radius 1 is 1.21 bits per heavy atom. The Hall–Kier alpha value is -0.860. The number of rotatable bonds is 5. The molecular formula is C17H26N2. The van der Waals surface area contributed by atoms with Gasteiger partial charge in [-0.05, 0) is 56.3 Å². The summed E-state index contributed by atoms with van der Waals surface area (Å²) in [7, 11) is 0. The molecule has 0 spiro atoms. The Morgan fingerprint density at radius 3 is 2.84 bits per heavy atom. The Balaban J connectivity index is 1.43. The first-order valence-corrected chi connectivity index (χ1v) is 7.83. The van der Waals surface area contributed by atoms with E-state index in [0.29, 0.717) is 5.92 Å². The van der Waals surface area contributed by atoms with Crippen LogP contribution in [0.15, 0.2) is 30.3 Å². The molecule has 1 N–H and O–H groups in total. The molecule has 0 aliphatic carbocycles. The monoisotopic (exact) mass is 258 g/mol. The molecule has 3 rings (SSSR count). The molecule has 19 heavy (non-hydrogen) atoms. The van der Waals surface area contributed by atoms with Gasteiger partial charge in [-0.2, -0.15) is 0 Å². The lowest BCUT2D eigenvalue weighted by molar-refractivity contribution is 0.220. The normalized spacial score (nSPS) is 31.3. The zero-order chi connectivity index (χ0) is 13.1. The lowest BCUT2D eigenvalue weighted by Crippen LogP contribution is -2.44. The molecule has 2 saturated heterocycles. The van der Waals surface area contributed by atoms with Crippen molar-refractivity contribution >= 4 is 0 Å². The molecule has 2 heterocycles. The summed E-state index contributed by atoms with van der Waals surface area (Å²) < 4.78 is 0. The summed E-state index contributed by atoms with van der Waals surface area (Å²) in [6.45, 7) is 7.49. The van der Waals surface area contributed by atoms with Crippen LogP contribution in [0.1, 0.15) is 37.7 Å². The zero-order valence-electron chi connectivity index (χ0n) is 12.0. The second-order valence-electron chi connectivity index (χ2n) is 6.30. The van der Waals surface area contributed by atoms with Gasteiger partial charge < -0.3 is 10.2 Å². The number of hydrogen-bond acceptors (Lipinski definition) is 2. The van der Waals surface area contributed by atoms with Crippen molar-refractivity contribution in [3.05, 3.63) is 35.9 Å². The van der Waals surface area contributed by atoms with Gasteiger partial charge in [-0.3, -0.25) is 0 Å². The van der Waals surface area contributed by atoms with E-state index in [1.807, 2.05) is 0 Å². The van der Waals surface area contributed by atoms with Crippen molar-refractivity contribution in [3.8, 4) is 0 Å². The van der Waals surface area contributed by atoms with Crippen LogP contribution in [-0.4, -0.2) is 37.1 Å². The Kier molecular flexibility index (Phi) is 4.19. The van der Waals surface area contributed by atoms with Gasteiger partial charge in [0.25, 0.3) is 0 Å². The van der Waals surface area contributed by atoms with Gasteiger partial charge in [0.1, 0.15) is 0 Å². The highest BCUT2D eigenvalue weighted by Gasteiger charge is 2.33. The first kappa shape index (κ1) is 13.1. The van der Waals surface area contributed by atoms with Gasteiger partial charge in [0, 0.05) is 12.6 Å². The van der Waals surface area contributed by atoms with E-state index < -0.39 is 0 Å². The molecule has 4 unspecified atom stereocenters. The van der Waals surface area contributed by atoms with Crippen molar-refractivity contribution < 1.29 is 0 Å². The van der Waals surface area contributed by atoms with Crippen molar-refractivity contribution in [2.24, 2.45) is 5.92 Å². The van der Waals surface area contributed by atoms with Gasteiger partial charge in [0.2, 0.25) is 0 Å². The third kappa shape index (κ3) is 3.18. The molecule has 1 aromatic rings. The van der Waals surface area contributed by atoms with Crippen LogP contribution in [0.25, 0.3) is 0 Å². The molecule has 0 aromatic heterocycles. The van der Waals surface area contributed by atoms with Crippen LogP contribution in [0, 0.1) is 5.92 Å². The minimum atomic E-state index is 0.664. The third-order valence-corrected chi connectivity index (χ3v) is 4.99. The van der Waals surface area contributed by atoms with Crippen molar-refractivity contribution in [1.29, 1.82) is 0 Å². The Bertz CT molecular complexity index is 390. The second-order valence-corrected chi connectivity index (χ2v) is 6.30. The van der Waals surface area contributed by atoms with E-state index in [2.05, 4.69) is 47.5 Å². The van der Waals surface area contributed by atoms with E-state index >= 15 is 0 Å². The van der Waals surface area contributed by atoms with E-state index in [0.717, 1.165) is 18.5 Å². The fourth-order valence-electron chi connectivity index (χ4n) is 3.65. The number of fused-ring (bicyclic) bond motifs is 2. The molecule has 2 aliphatic heterocycles. The van der Waals surface area contributed by atoms with Crippen LogP contribution >= 0.6 is 0 Å². The van der Waals surface area contributed by atoms with Crippen LogP contribution in [-0.2, 0) is 0 Å². The average molecular weight is 258 g/mol. The molecule has 0 amide bonds. The van der Waals surface area contributed by atoms with Gasteiger partial charge in [0.15, 0.2) is 0 Å². The van der Waals surface area contributed by atoms with Gasteiger partial charge in [-0.15, -0.1) is 0 Å². The standard InChI is InChI=1S/C17H26N2/c1-14(15-5-3-2-4-6-15)7-10-18-17-9-12-19-11-8-16(17)13-19/h2-6,14,16-18H,7-13H2,1H3. The zero-order valence-corrected chi connectivity index (χ0v) is 12.0. The first-order chi connectivity index (χ1) is 9.33. The maximum Gasteiger partial charge on any atom is 0.0120 e. The topological polar surface area (TPSA) is 15.3 Å². The van der Waals surface area contributed by atoms with Gasteiger partial charge in [-0.1, -0.05) is 37.3 Å². The van der Waals surface area contributed by atoms with Crippen LogP contribution < -0.4 is 5.32 Å². The first-order valence-electron chi connectivity index (χ1n) is 7.83. The Morgan fingerprint density at radius 2 is 2.00 bits per heavy atom. The molecule has 2 nitrogen and oxygen atoms in total. The maximum atomic E-state index is 3.82. The molecule has 2 fully saturated rings. The smallest absolute Gasteiger partial charge is 0.0120 e. The summed E-state index contributed by atoms with van der Waals surface area (Å²) in [5.41, 5.74) is 1.47. The molecule has 4 atom stereocenters. The maximum absolute atomic E-state index is 3.82. The van der Waals surface area contributed by atoms with E-state index in [9.17, 15) is 0 Å². The summed E-state index contributed by atoms with van der Waals surface area (Å²) in [6, 6.07) is 11.7. The predicted molar refractivity (Wildman–Crippen MR) is 80.4 cm³/mol. The van der Waals surface area contributed by atoms with Crippen LogP contribution in [0.3, 0.4) is 0 Å². The molecule has 104 valence electrons. The van der Waals surface area contributed by atoms with E-state index in [1.165, 1.54) is 44.5 Å². The van der Waals surface area contributed by atoms with Gasteiger partial charge >= 0.3 is 0 Å². The minimum absolute atomic E-state index is 0.664. The highest BCUT2D eigenvalue weighted by atomic mass is 15.2. The SMILES string of the molecule is CC(CCNC1CCN2CCC1C2)c1ccccc1. The number of nitrogens with zero attached hydrogens (tertiary/aromatic N) is 1. The van der Waals surface area contributed by atoms with Gasteiger partial charge in [-0.25, -0.2) is 0 Å². The van der Waals surface area contributed by atoms with Crippen LogP contribution in [0.5, 0.6) is 0 Å². The number of hydrogen-bond donors (Lipinski definition) is 1. The molecule has 0 saturated carbocycles. The van der Waals surface area contributed by atoms with E-state index in [1.54, 1.807) is 0 Å². The van der Waals surface area contributed by atoms with E-state index in [4.69, 9.17) is 0 Å². The Labute approximate surface area is 117 Å². The second kappa shape index (κ2) is 6.06. The molecule has 2 aliphatic rings. The van der Waals surface area contributed by atoms with E-state index in [-0.39, 0.29) is 0 Å². The quantitative estimate of drug-likeness (QED) is 0.873. The lowest BCUT2D eigenvalue weighted by atomic mass is 9.93. The van der Waals surface area contributed by atoms with Crippen molar-refractivity contribution in [2.45, 2.75) is 38.1 Å². The summed E-state index contributed by atoms with van der Waals surface area (Å²) in [5.74, 6) is 1.58. The van der Waals surface area contributed by atoms with Crippen molar-refractivity contribution in [2.75, 3.05) is 26.2 Å². The molecule has 0 radical (unpaired) electrons. The van der Waals surface area contributed by atoms with Crippen LogP contribution in [0.4, 0.5) is 0 Å². The number of benzene rings is 1. The largest absolute Gasteiger partial charge is 0.314 e. The number of nitrogens with one attached hydrogen (secondary N) is 1. The fourth-order valence-corrected chi connectivity index (χ4v) is 3.65. The molecule has 2 heteroatoms. The predicted octanol–water partition coefficient (Wildman–Crippen LogP) is 2.86. The highest BCUT2D eigenvalue weighted by molar-refractivity contribution is 5.18. The lowest BCUT2D eigenvalue weighted by Gasteiger charge is -2.31. The number of piperidine rings is 1. The van der Waals surface area contributed by atoms with Crippen molar-refractivity contribution in [3.63, 3.8) is 0 Å². The summed E-state index contributed by atoms with van der Waals surface area (Å²) >= 11 is 0. The third-order valence-electron chi connectivity index (χ3n) is 4.99. The fraction of sp³-hybridized carbons (Fsp3) is 0.647. The summed E-state index contributed by atoms with van der Waals surface area (Å²) in [6.07, 6.45) is 4.01. The molecular weight excluding hydrogens is 232 g/mol. The van der Waals surface area contributed by atoms with Crippen LogP contribution in [0.2, 0.25) is 0 Å². The van der Waals surface area contributed by atoms with Gasteiger partial charge in [0.05, 0.1) is 0 Å². The summed E-state index contributed by atoms with van der Waals surface area (Å²) in [5, 5.41) is 3.82.